The van der Waals surface area contributed by atoms with Gasteiger partial charge in [0.25, 0.3) is 5.91 Å². The number of nitrogens with zero attached hydrogens (tertiary/aromatic N) is 1. The van der Waals surface area contributed by atoms with Crippen LogP contribution in [0.2, 0.25) is 0 Å². The third kappa shape index (κ3) is 2.60. The van der Waals surface area contributed by atoms with Gasteiger partial charge < -0.3 is 11.1 Å². The Hall–Kier alpha value is -2.36. The summed E-state index contributed by atoms with van der Waals surface area (Å²) in [6, 6.07) is 10.6. The van der Waals surface area contributed by atoms with E-state index in [9.17, 15) is 4.79 Å². The van der Waals surface area contributed by atoms with Gasteiger partial charge in [-0.05, 0) is 42.8 Å². The van der Waals surface area contributed by atoms with Crippen LogP contribution in [-0.2, 0) is 0 Å². The Kier molecular flexibility index (Phi) is 3.05. The van der Waals surface area contributed by atoms with Crippen molar-refractivity contribution in [1.82, 2.24) is 4.98 Å². The SMILES string of the molecule is Cc1cc(NC(=O)c2ccccn2)ccc1N. The second kappa shape index (κ2) is 4.65. The molecule has 17 heavy (non-hydrogen) atoms. The van der Waals surface area contributed by atoms with Gasteiger partial charge in [-0.1, -0.05) is 6.07 Å². The van der Waals surface area contributed by atoms with Gasteiger partial charge in [0.15, 0.2) is 0 Å². The Morgan fingerprint density at radius 1 is 1.29 bits per heavy atom. The molecule has 0 saturated carbocycles. The number of nitrogens with two attached hydrogens (primary N) is 1. The fraction of sp³-hybridized carbons (Fsp3) is 0.0769. The van der Waals surface area contributed by atoms with Gasteiger partial charge in [0, 0.05) is 17.6 Å². The standard InChI is InChI=1S/C13H13N3O/c1-9-8-10(5-6-11(9)14)16-13(17)12-4-2-3-7-15-12/h2-8H,14H2,1H3,(H,16,17). The highest BCUT2D eigenvalue weighted by molar-refractivity contribution is 6.02. The van der Waals surface area contributed by atoms with Crippen molar-refractivity contribution in [2.24, 2.45) is 0 Å². The molecule has 1 aromatic heterocycles. The van der Waals surface area contributed by atoms with Gasteiger partial charge in [0.2, 0.25) is 0 Å². The molecule has 1 heterocycles. The highest BCUT2D eigenvalue weighted by Gasteiger charge is 2.06. The Morgan fingerprint density at radius 2 is 2.12 bits per heavy atom. The van der Waals surface area contributed by atoms with Crippen LogP contribution in [-0.4, -0.2) is 10.9 Å². The van der Waals surface area contributed by atoms with Gasteiger partial charge >= 0.3 is 0 Å². The Bertz CT molecular complexity index is 538. The molecule has 0 spiro atoms. The zero-order valence-corrected chi connectivity index (χ0v) is 9.47. The van der Waals surface area contributed by atoms with E-state index in [1.54, 1.807) is 36.5 Å². The molecule has 2 rings (SSSR count). The summed E-state index contributed by atoms with van der Waals surface area (Å²) in [6.07, 6.45) is 1.59. The number of anilines is 2. The van der Waals surface area contributed by atoms with Crippen LogP contribution >= 0.6 is 0 Å². The van der Waals surface area contributed by atoms with E-state index >= 15 is 0 Å². The maximum absolute atomic E-state index is 11.8. The fourth-order valence-electron chi connectivity index (χ4n) is 1.45. The van der Waals surface area contributed by atoms with E-state index in [0.717, 1.165) is 5.56 Å². The van der Waals surface area contributed by atoms with Gasteiger partial charge in [-0.25, -0.2) is 0 Å². The molecule has 0 aliphatic carbocycles. The number of aryl methyl sites for hydroxylation is 1. The molecule has 0 aliphatic heterocycles. The quantitative estimate of drug-likeness (QED) is 0.773. The summed E-state index contributed by atoms with van der Waals surface area (Å²) < 4.78 is 0. The van der Waals surface area contributed by atoms with Crippen molar-refractivity contribution in [2.75, 3.05) is 11.1 Å². The third-order valence-electron chi connectivity index (χ3n) is 2.43. The van der Waals surface area contributed by atoms with Crippen LogP contribution in [0.15, 0.2) is 42.6 Å². The summed E-state index contributed by atoms with van der Waals surface area (Å²) in [4.78, 5) is 15.8. The second-order valence-electron chi connectivity index (χ2n) is 3.74. The number of nitrogen functional groups attached to an aromatic ring is 1. The minimum atomic E-state index is -0.227. The first-order valence-electron chi connectivity index (χ1n) is 5.25. The number of benzene rings is 1. The predicted octanol–water partition coefficient (Wildman–Crippen LogP) is 2.22. The summed E-state index contributed by atoms with van der Waals surface area (Å²) in [5.74, 6) is -0.227. The van der Waals surface area contributed by atoms with Crippen LogP contribution in [0.25, 0.3) is 0 Å². The van der Waals surface area contributed by atoms with Crippen LogP contribution in [0.4, 0.5) is 11.4 Å². The molecular weight excluding hydrogens is 214 g/mol. The van der Waals surface area contributed by atoms with Gasteiger partial charge in [-0.3, -0.25) is 9.78 Å². The average Bonchev–Trinajstić information content (AvgIpc) is 2.35. The number of hydrogen-bond donors (Lipinski definition) is 2. The molecule has 3 N–H and O–H groups in total. The lowest BCUT2D eigenvalue weighted by Gasteiger charge is -2.06. The molecule has 0 radical (unpaired) electrons. The number of rotatable bonds is 2. The second-order valence-corrected chi connectivity index (χ2v) is 3.74. The molecule has 1 aromatic carbocycles. The van der Waals surface area contributed by atoms with Gasteiger partial charge in [-0.2, -0.15) is 0 Å². The van der Waals surface area contributed by atoms with Crippen molar-refractivity contribution in [2.45, 2.75) is 6.92 Å². The summed E-state index contributed by atoms with van der Waals surface area (Å²) in [5.41, 5.74) is 8.45. The number of aromatic nitrogens is 1. The summed E-state index contributed by atoms with van der Waals surface area (Å²) in [6.45, 7) is 1.89. The maximum atomic E-state index is 11.8. The minimum absolute atomic E-state index is 0.227. The number of hydrogen-bond acceptors (Lipinski definition) is 3. The Labute approximate surface area is 99.5 Å². The van der Waals surface area contributed by atoms with E-state index in [2.05, 4.69) is 10.3 Å². The summed E-state index contributed by atoms with van der Waals surface area (Å²) >= 11 is 0. The summed E-state index contributed by atoms with van der Waals surface area (Å²) in [5, 5.41) is 2.77. The van der Waals surface area contributed by atoms with E-state index in [1.807, 2.05) is 13.0 Å². The number of amides is 1. The summed E-state index contributed by atoms with van der Waals surface area (Å²) in [7, 11) is 0. The Balaban J connectivity index is 2.16. The normalized spacial score (nSPS) is 9.94. The van der Waals surface area contributed by atoms with Gasteiger partial charge in [0.05, 0.1) is 0 Å². The third-order valence-corrected chi connectivity index (χ3v) is 2.43. The Morgan fingerprint density at radius 3 is 2.76 bits per heavy atom. The lowest BCUT2D eigenvalue weighted by atomic mass is 10.2. The van der Waals surface area contributed by atoms with E-state index in [-0.39, 0.29) is 5.91 Å². The molecule has 4 heteroatoms. The molecular formula is C13H13N3O. The highest BCUT2D eigenvalue weighted by Crippen LogP contribution is 2.16. The van der Waals surface area contributed by atoms with Crippen LogP contribution in [0.1, 0.15) is 16.1 Å². The molecule has 0 saturated heterocycles. The topological polar surface area (TPSA) is 68.0 Å². The van der Waals surface area contributed by atoms with E-state index < -0.39 is 0 Å². The largest absolute Gasteiger partial charge is 0.399 e. The molecule has 2 aromatic rings. The zero-order valence-electron chi connectivity index (χ0n) is 9.47. The fourth-order valence-corrected chi connectivity index (χ4v) is 1.45. The van der Waals surface area contributed by atoms with Crippen LogP contribution in [0.3, 0.4) is 0 Å². The van der Waals surface area contributed by atoms with Crippen molar-refractivity contribution < 1.29 is 4.79 Å². The first-order chi connectivity index (χ1) is 8.16. The lowest BCUT2D eigenvalue weighted by Crippen LogP contribution is -2.13. The van der Waals surface area contributed by atoms with Crippen LogP contribution < -0.4 is 11.1 Å². The smallest absolute Gasteiger partial charge is 0.274 e. The molecule has 0 unspecified atom stereocenters. The van der Waals surface area contributed by atoms with Crippen molar-refractivity contribution in [3.05, 3.63) is 53.9 Å². The number of carbonyl (C=O) groups is 1. The zero-order chi connectivity index (χ0) is 12.3. The van der Waals surface area contributed by atoms with E-state index in [4.69, 9.17) is 5.73 Å². The minimum Gasteiger partial charge on any atom is -0.399 e. The molecule has 86 valence electrons. The number of carbonyl (C=O) groups excluding carboxylic acids is 1. The molecule has 0 bridgehead atoms. The molecule has 0 fully saturated rings. The maximum Gasteiger partial charge on any atom is 0.274 e. The first-order valence-corrected chi connectivity index (χ1v) is 5.25. The molecule has 1 amide bonds. The number of pyridine rings is 1. The van der Waals surface area contributed by atoms with Gasteiger partial charge in [-0.15, -0.1) is 0 Å². The van der Waals surface area contributed by atoms with Crippen molar-refractivity contribution in [3.63, 3.8) is 0 Å². The molecule has 4 nitrogen and oxygen atoms in total. The molecule has 0 atom stereocenters. The highest BCUT2D eigenvalue weighted by atomic mass is 16.1. The molecule has 0 aliphatic rings. The average molecular weight is 227 g/mol. The van der Waals surface area contributed by atoms with Crippen LogP contribution in [0.5, 0.6) is 0 Å². The van der Waals surface area contributed by atoms with E-state index in [0.29, 0.717) is 17.1 Å². The van der Waals surface area contributed by atoms with Crippen molar-refractivity contribution >= 4 is 17.3 Å². The van der Waals surface area contributed by atoms with Gasteiger partial charge in [0.1, 0.15) is 5.69 Å². The van der Waals surface area contributed by atoms with Crippen molar-refractivity contribution in [3.8, 4) is 0 Å². The number of nitrogens with one attached hydrogen (secondary N) is 1. The first kappa shape index (κ1) is 11.1. The van der Waals surface area contributed by atoms with E-state index in [1.165, 1.54) is 0 Å². The predicted molar refractivity (Wildman–Crippen MR) is 67.8 cm³/mol. The lowest BCUT2D eigenvalue weighted by molar-refractivity contribution is 0.102. The van der Waals surface area contributed by atoms with Crippen molar-refractivity contribution in [1.29, 1.82) is 0 Å². The van der Waals surface area contributed by atoms with Crippen LogP contribution in [0, 0.1) is 6.92 Å². The monoisotopic (exact) mass is 227 g/mol.